The molecule has 1 aliphatic heterocycles. The van der Waals surface area contributed by atoms with E-state index in [4.69, 9.17) is 4.74 Å². The van der Waals surface area contributed by atoms with Gasteiger partial charge in [0.15, 0.2) is 5.41 Å². The van der Waals surface area contributed by atoms with Crippen LogP contribution >= 0.6 is 0 Å². The second-order valence-electron chi connectivity index (χ2n) is 5.60. The highest BCUT2D eigenvalue weighted by atomic mass is 16.5. The van der Waals surface area contributed by atoms with Crippen LogP contribution in [0.15, 0.2) is 11.6 Å². The van der Waals surface area contributed by atoms with Crippen molar-refractivity contribution in [1.82, 2.24) is 4.90 Å². The van der Waals surface area contributed by atoms with Crippen molar-refractivity contribution in [2.45, 2.75) is 39.7 Å². The van der Waals surface area contributed by atoms with E-state index in [1.807, 2.05) is 26.8 Å². The second kappa shape index (κ2) is 4.41. The normalized spacial score (nSPS) is 31.4. The van der Waals surface area contributed by atoms with Crippen molar-refractivity contribution < 1.29 is 14.3 Å². The van der Waals surface area contributed by atoms with Crippen LogP contribution in [-0.4, -0.2) is 36.5 Å². The Morgan fingerprint density at radius 2 is 2.22 bits per heavy atom. The minimum atomic E-state index is -1.04. The molecule has 0 bridgehead atoms. The summed E-state index contributed by atoms with van der Waals surface area (Å²) < 4.78 is 5.36. The van der Waals surface area contributed by atoms with Gasteiger partial charge in [-0.05, 0) is 39.5 Å². The first-order valence-corrected chi connectivity index (χ1v) is 6.54. The van der Waals surface area contributed by atoms with Crippen molar-refractivity contribution in [2.75, 3.05) is 13.6 Å². The van der Waals surface area contributed by atoms with E-state index in [1.54, 1.807) is 11.9 Å². The number of hydrogen-bond acceptors (Lipinski definition) is 3. The molecule has 2 aliphatic rings. The monoisotopic (exact) mass is 251 g/mol. The molecule has 1 saturated heterocycles. The van der Waals surface area contributed by atoms with Gasteiger partial charge in [-0.15, -0.1) is 0 Å². The summed E-state index contributed by atoms with van der Waals surface area (Å²) in [6, 6.07) is 0. The Morgan fingerprint density at radius 1 is 1.56 bits per heavy atom. The van der Waals surface area contributed by atoms with Gasteiger partial charge >= 0.3 is 5.97 Å². The van der Waals surface area contributed by atoms with Gasteiger partial charge in [0.1, 0.15) is 0 Å². The van der Waals surface area contributed by atoms with Gasteiger partial charge in [-0.25, -0.2) is 0 Å². The van der Waals surface area contributed by atoms with Gasteiger partial charge in [0.05, 0.1) is 6.10 Å². The topological polar surface area (TPSA) is 46.6 Å². The number of piperidine rings is 1. The molecule has 0 aromatic heterocycles. The maximum atomic E-state index is 12.5. The molecule has 1 aliphatic carbocycles. The summed E-state index contributed by atoms with van der Waals surface area (Å²) >= 11 is 0. The molecule has 0 unspecified atom stereocenters. The first kappa shape index (κ1) is 13.1. The van der Waals surface area contributed by atoms with E-state index in [0.29, 0.717) is 0 Å². The van der Waals surface area contributed by atoms with Gasteiger partial charge in [0, 0.05) is 13.6 Å². The SMILES string of the molecule is CC1=CC[C@@H]2CCN(C)C(=O)[C@]12C(=O)OC(C)C. The maximum absolute atomic E-state index is 12.5. The fourth-order valence-corrected chi connectivity index (χ4v) is 3.13. The van der Waals surface area contributed by atoms with Gasteiger partial charge in [-0.3, -0.25) is 9.59 Å². The van der Waals surface area contributed by atoms with E-state index in [0.717, 1.165) is 25.0 Å². The van der Waals surface area contributed by atoms with Crippen LogP contribution in [0.5, 0.6) is 0 Å². The number of esters is 1. The van der Waals surface area contributed by atoms with Crippen molar-refractivity contribution in [1.29, 1.82) is 0 Å². The van der Waals surface area contributed by atoms with Crippen molar-refractivity contribution in [3.05, 3.63) is 11.6 Å². The molecule has 18 heavy (non-hydrogen) atoms. The molecule has 0 spiro atoms. The lowest BCUT2D eigenvalue weighted by Crippen LogP contribution is -2.56. The smallest absolute Gasteiger partial charge is 0.326 e. The Hall–Kier alpha value is -1.32. The molecule has 2 atom stereocenters. The van der Waals surface area contributed by atoms with Gasteiger partial charge in [0.2, 0.25) is 5.91 Å². The van der Waals surface area contributed by atoms with Gasteiger partial charge in [0.25, 0.3) is 0 Å². The minimum absolute atomic E-state index is 0.0763. The zero-order valence-electron chi connectivity index (χ0n) is 11.5. The quantitative estimate of drug-likeness (QED) is 0.427. The predicted molar refractivity (Wildman–Crippen MR) is 67.8 cm³/mol. The number of allylic oxidation sites excluding steroid dienone is 1. The summed E-state index contributed by atoms with van der Waals surface area (Å²) in [5, 5.41) is 0. The number of fused-ring (bicyclic) bond motifs is 1. The van der Waals surface area contributed by atoms with Crippen LogP contribution in [0.2, 0.25) is 0 Å². The number of rotatable bonds is 2. The zero-order valence-corrected chi connectivity index (χ0v) is 11.5. The average molecular weight is 251 g/mol. The number of amides is 1. The number of carbonyl (C=O) groups excluding carboxylic acids is 2. The van der Waals surface area contributed by atoms with E-state index in [1.165, 1.54) is 0 Å². The number of ether oxygens (including phenoxy) is 1. The highest BCUT2D eigenvalue weighted by Crippen LogP contribution is 2.50. The van der Waals surface area contributed by atoms with Crippen LogP contribution in [0.3, 0.4) is 0 Å². The lowest BCUT2D eigenvalue weighted by molar-refractivity contribution is -0.171. The van der Waals surface area contributed by atoms with E-state index in [9.17, 15) is 9.59 Å². The van der Waals surface area contributed by atoms with Crippen LogP contribution in [0, 0.1) is 11.3 Å². The fourth-order valence-electron chi connectivity index (χ4n) is 3.13. The summed E-state index contributed by atoms with van der Waals surface area (Å²) in [6.45, 7) is 6.23. The zero-order chi connectivity index (χ0) is 13.5. The lowest BCUT2D eigenvalue weighted by atomic mass is 9.69. The molecule has 1 fully saturated rings. The van der Waals surface area contributed by atoms with Crippen LogP contribution in [0.4, 0.5) is 0 Å². The minimum Gasteiger partial charge on any atom is -0.462 e. The van der Waals surface area contributed by atoms with E-state index in [2.05, 4.69) is 0 Å². The standard InChI is InChI=1S/C14H21NO3/c1-9(2)18-13(17)14-10(3)5-6-11(14)7-8-15(4)12(14)16/h5,9,11H,6-8H2,1-4H3/t11-,14+/m1/s1. The molecule has 4 nitrogen and oxygen atoms in total. The average Bonchev–Trinajstić information content (AvgIpc) is 2.62. The van der Waals surface area contributed by atoms with E-state index >= 15 is 0 Å². The number of hydrogen-bond donors (Lipinski definition) is 0. The number of carbonyl (C=O) groups is 2. The first-order valence-electron chi connectivity index (χ1n) is 6.54. The Balaban J connectivity index is 2.41. The maximum Gasteiger partial charge on any atom is 0.326 e. The Bertz CT molecular complexity index is 413. The second-order valence-corrected chi connectivity index (χ2v) is 5.60. The number of likely N-dealkylation sites (tertiary alicyclic amines) is 1. The molecule has 2 rings (SSSR count). The van der Waals surface area contributed by atoms with Crippen molar-refractivity contribution in [3.8, 4) is 0 Å². The van der Waals surface area contributed by atoms with Crippen molar-refractivity contribution in [2.24, 2.45) is 11.3 Å². The summed E-state index contributed by atoms with van der Waals surface area (Å²) in [4.78, 5) is 26.7. The molecule has 1 heterocycles. The molecular formula is C14H21NO3. The third-order valence-electron chi connectivity index (χ3n) is 4.10. The van der Waals surface area contributed by atoms with Crippen molar-refractivity contribution >= 4 is 11.9 Å². The Morgan fingerprint density at radius 3 is 2.83 bits per heavy atom. The van der Waals surface area contributed by atoms with Crippen LogP contribution in [0.25, 0.3) is 0 Å². The molecule has 4 heteroatoms. The molecular weight excluding hydrogens is 230 g/mol. The summed E-state index contributed by atoms with van der Waals surface area (Å²) in [6.07, 6.45) is 3.49. The van der Waals surface area contributed by atoms with Crippen LogP contribution in [0.1, 0.15) is 33.6 Å². The fraction of sp³-hybridized carbons (Fsp3) is 0.714. The Labute approximate surface area is 108 Å². The molecule has 0 saturated carbocycles. The molecule has 0 N–H and O–H groups in total. The summed E-state index contributed by atoms with van der Waals surface area (Å²) in [7, 11) is 1.76. The highest BCUT2D eigenvalue weighted by Gasteiger charge is 2.59. The van der Waals surface area contributed by atoms with Gasteiger partial charge in [-0.2, -0.15) is 0 Å². The largest absolute Gasteiger partial charge is 0.462 e. The van der Waals surface area contributed by atoms with Gasteiger partial charge in [-0.1, -0.05) is 11.6 Å². The third-order valence-corrected chi connectivity index (χ3v) is 4.10. The first-order chi connectivity index (χ1) is 8.40. The molecule has 100 valence electrons. The third kappa shape index (κ3) is 1.66. The molecule has 0 aromatic carbocycles. The van der Waals surface area contributed by atoms with Crippen LogP contribution < -0.4 is 0 Å². The van der Waals surface area contributed by atoms with E-state index in [-0.39, 0.29) is 23.9 Å². The van der Waals surface area contributed by atoms with E-state index < -0.39 is 5.41 Å². The molecule has 0 radical (unpaired) electrons. The summed E-state index contributed by atoms with van der Waals surface area (Å²) in [5.74, 6) is -0.395. The molecule has 1 amide bonds. The summed E-state index contributed by atoms with van der Waals surface area (Å²) in [5.41, 5.74) is -0.188. The van der Waals surface area contributed by atoms with Crippen molar-refractivity contribution in [3.63, 3.8) is 0 Å². The molecule has 0 aromatic rings. The highest BCUT2D eigenvalue weighted by molar-refractivity contribution is 6.07. The lowest BCUT2D eigenvalue weighted by Gasteiger charge is -2.41. The Kier molecular flexibility index (Phi) is 3.21. The number of nitrogens with zero attached hydrogens (tertiary/aromatic N) is 1. The predicted octanol–water partition coefficient (Wildman–Crippen LogP) is 1.75. The van der Waals surface area contributed by atoms with Crippen LogP contribution in [-0.2, 0) is 14.3 Å². The van der Waals surface area contributed by atoms with Gasteiger partial charge < -0.3 is 9.64 Å².